The highest BCUT2D eigenvalue weighted by Gasteiger charge is 2.18. The van der Waals surface area contributed by atoms with Crippen LogP contribution in [-0.4, -0.2) is 53.6 Å². The van der Waals surface area contributed by atoms with E-state index in [1.807, 2.05) is 20.8 Å². The lowest BCUT2D eigenvalue weighted by molar-refractivity contribution is -0.138. The van der Waals surface area contributed by atoms with E-state index < -0.39 is 17.5 Å². The van der Waals surface area contributed by atoms with Crippen molar-refractivity contribution in [3.63, 3.8) is 0 Å². The number of amides is 1. The Hall–Kier alpha value is -4.12. The molecule has 39 heavy (non-hydrogen) atoms. The molecule has 0 radical (unpaired) electrons. The van der Waals surface area contributed by atoms with Crippen LogP contribution in [0.2, 0.25) is 0 Å². The van der Waals surface area contributed by atoms with Gasteiger partial charge in [0.15, 0.2) is 0 Å². The number of anilines is 2. The molecule has 2 heterocycles. The number of carbonyl (C=O) groups excluding carboxylic acids is 2. The van der Waals surface area contributed by atoms with Crippen LogP contribution < -0.4 is 20.3 Å². The number of benzene rings is 2. The molecule has 0 unspecified atom stereocenters. The molecule has 2 N–H and O–H groups in total. The standard InChI is InChI=1S/C23H23F2N5O2.C5H10O2/c1-15-13-30(9-8-26-15)21-12-23(28-14-27-21)32-19-6-4-18(5-7-19)29-22(31)10-16-2-3-17(24)11-20(16)25;1-5(2,3)7-4-6/h2-7,11-12,14-15,26H,8-10,13H2,1H3,(H,29,31);4H,1-3H3/t15-;/m1./s1. The molecule has 1 aliphatic heterocycles. The van der Waals surface area contributed by atoms with Gasteiger partial charge in [-0.1, -0.05) is 6.07 Å². The number of ether oxygens (including phenoxy) is 2. The summed E-state index contributed by atoms with van der Waals surface area (Å²) in [4.78, 5) is 32.5. The van der Waals surface area contributed by atoms with Crippen LogP contribution in [0.15, 0.2) is 54.9 Å². The molecule has 1 aliphatic rings. The molecule has 0 spiro atoms. The average molecular weight is 542 g/mol. The number of hydrogen-bond acceptors (Lipinski definition) is 8. The maximum atomic E-state index is 13.7. The van der Waals surface area contributed by atoms with E-state index in [0.717, 1.165) is 37.6 Å². The zero-order valence-corrected chi connectivity index (χ0v) is 22.4. The second kappa shape index (κ2) is 13.6. The fourth-order valence-corrected chi connectivity index (χ4v) is 3.61. The van der Waals surface area contributed by atoms with Crippen LogP contribution >= 0.6 is 0 Å². The summed E-state index contributed by atoms with van der Waals surface area (Å²) in [5.74, 6) is -0.0604. The van der Waals surface area contributed by atoms with Gasteiger partial charge in [0.05, 0.1) is 6.42 Å². The van der Waals surface area contributed by atoms with Gasteiger partial charge < -0.3 is 25.0 Å². The smallest absolute Gasteiger partial charge is 0.293 e. The molecule has 0 saturated carbocycles. The molecule has 9 nitrogen and oxygen atoms in total. The number of nitrogens with zero attached hydrogens (tertiary/aromatic N) is 3. The number of rotatable bonds is 7. The molecule has 1 amide bonds. The van der Waals surface area contributed by atoms with Crippen LogP contribution in [0.25, 0.3) is 0 Å². The zero-order chi connectivity index (χ0) is 28.4. The minimum absolute atomic E-state index is 0.127. The molecular weight excluding hydrogens is 508 g/mol. The predicted molar refractivity (Wildman–Crippen MR) is 144 cm³/mol. The van der Waals surface area contributed by atoms with Crippen molar-refractivity contribution in [2.45, 2.75) is 45.8 Å². The molecule has 0 bridgehead atoms. The first-order valence-electron chi connectivity index (χ1n) is 12.5. The molecule has 11 heteroatoms. The summed E-state index contributed by atoms with van der Waals surface area (Å²) in [7, 11) is 0. The van der Waals surface area contributed by atoms with Crippen LogP contribution in [0.4, 0.5) is 20.3 Å². The van der Waals surface area contributed by atoms with Crippen LogP contribution in [0, 0.1) is 11.6 Å². The van der Waals surface area contributed by atoms with Crippen molar-refractivity contribution in [2.75, 3.05) is 29.9 Å². The van der Waals surface area contributed by atoms with Crippen LogP contribution in [-0.2, 0) is 20.7 Å². The maximum Gasteiger partial charge on any atom is 0.293 e. The highest BCUT2D eigenvalue weighted by atomic mass is 19.1. The second-order valence-electron chi connectivity index (χ2n) is 9.93. The summed E-state index contributed by atoms with van der Waals surface area (Å²) in [5.41, 5.74) is 0.340. The Balaban J connectivity index is 0.000000532. The summed E-state index contributed by atoms with van der Waals surface area (Å²) in [5, 5.41) is 6.08. The first-order valence-corrected chi connectivity index (χ1v) is 12.5. The van der Waals surface area contributed by atoms with Crippen molar-refractivity contribution in [2.24, 2.45) is 0 Å². The van der Waals surface area contributed by atoms with E-state index in [2.05, 4.69) is 37.2 Å². The van der Waals surface area contributed by atoms with Gasteiger partial charge in [0, 0.05) is 43.5 Å². The largest absolute Gasteiger partial charge is 0.462 e. The highest BCUT2D eigenvalue weighted by Crippen LogP contribution is 2.24. The van der Waals surface area contributed by atoms with Gasteiger partial charge in [0.2, 0.25) is 11.8 Å². The van der Waals surface area contributed by atoms with Crippen molar-refractivity contribution in [1.29, 1.82) is 0 Å². The topological polar surface area (TPSA) is 106 Å². The number of piperazine rings is 1. The Morgan fingerprint density at radius 3 is 2.51 bits per heavy atom. The van der Waals surface area contributed by atoms with Gasteiger partial charge in [-0.15, -0.1) is 0 Å². The lowest BCUT2D eigenvalue weighted by atomic mass is 10.1. The van der Waals surface area contributed by atoms with Crippen molar-refractivity contribution in [1.82, 2.24) is 15.3 Å². The van der Waals surface area contributed by atoms with Gasteiger partial charge in [0.25, 0.3) is 6.47 Å². The molecule has 0 aliphatic carbocycles. The van der Waals surface area contributed by atoms with Crippen LogP contribution in [0.3, 0.4) is 0 Å². The van der Waals surface area contributed by atoms with Gasteiger partial charge in [0.1, 0.15) is 35.1 Å². The van der Waals surface area contributed by atoms with E-state index in [9.17, 15) is 18.4 Å². The van der Waals surface area contributed by atoms with Gasteiger partial charge in [-0.25, -0.2) is 18.7 Å². The summed E-state index contributed by atoms with van der Waals surface area (Å²) in [6.45, 7) is 10.7. The molecule has 1 saturated heterocycles. The number of halogens is 2. The lowest BCUT2D eigenvalue weighted by Crippen LogP contribution is -2.49. The lowest BCUT2D eigenvalue weighted by Gasteiger charge is -2.32. The maximum absolute atomic E-state index is 13.7. The van der Waals surface area contributed by atoms with Crippen LogP contribution in [0.1, 0.15) is 33.3 Å². The van der Waals surface area contributed by atoms with E-state index in [1.165, 1.54) is 12.4 Å². The normalized spacial score (nSPS) is 15.0. The van der Waals surface area contributed by atoms with E-state index in [-0.39, 0.29) is 17.6 Å². The fourth-order valence-electron chi connectivity index (χ4n) is 3.61. The molecule has 1 fully saturated rings. The van der Waals surface area contributed by atoms with Gasteiger partial charge in [-0.05, 0) is 63.6 Å². The van der Waals surface area contributed by atoms with E-state index in [0.29, 0.717) is 29.8 Å². The Bertz CT molecular complexity index is 1250. The van der Waals surface area contributed by atoms with Crippen LogP contribution in [0.5, 0.6) is 11.6 Å². The predicted octanol–water partition coefficient (Wildman–Crippen LogP) is 4.48. The summed E-state index contributed by atoms with van der Waals surface area (Å²) >= 11 is 0. The zero-order valence-electron chi connectivity index (χ0n) is 22.4. The third-order valence-corrected chi connectivity index (χ3v) is 5.45. The molecule has 1 atom stereocenters. The van der Waals surface area contributed by atoms with Crippen molar-refractivity contribution >= 4 is 23.9 Å². The summed E-state index contributed by atoms with van der Waals surface area (Å²) in [6, 6.07) is 12.1. The monoisotopic (exact) mass is 541 g/mol. The number of aromatic nitrogens is 2. The fraction of sp³-hybridized carbons (Fsp3) is 0.357. The van der Waals surface area contributed by atoms with Gasteiger partial charge in [-0.2, -0.15) is 0 Å². The second-order valence-corrected chi connectivity index (χ2v) is 9.93. The Kier molecular flexibility index (Phi) is 10.3. The quantitative estimate of drug-likeness (QED) is 0.422. The molecule has 1 aromatic heterocycles. The Morgan fingerprint density at radius 2 is 1.90 bits per heavy atom. The number of hydrogen-bond donors (Lipinski definition) is 2. The minimum atomic E-state index is -0.747. The van der Waals surface area contributed by atoms with Crippen molar-refractivity contribution in [3.05, 3.63) is 72.1 Å². The van der Waals surface area contributed by atoms with Crippen molar-refractivity contribution < 1.29 is 27.8 Å². The van der Waals surface area contributed by atoms with Gasteiger partial charge >= 0.3 is 0 Å². The Morgan fingerprint density at radius 1 is 1.15 bits per heavy atom. The first kappa shape index (κ1) is 29.4. The minimum Gasteiger partial charge on any atom is -0.462 e. The molecule has 4 rings (SSSR count). The third-order valence-electron chi connectivity index (χ3n) is 5.45. The molecule has 2 aromatic carbocycles. The first-order chi connectivity index (χ1) is 18.5. The number of nitrogens with one attached hydrogen (secondary N) is 2. The summed E-state index contributed by atoms with van der Waals surface area (Å²) in [6.07, 6.45) is 1.28. The van der Waals surface area contributed by atoms with E-state index in [4.69, 9.17) is 4.74 Å². The van der Waals surface area contributed by atoms with E-state index in [1.54, 1.807) is 30.3 Å². The SMILES string of the molecule is CC(C)(C)OC=O.C[C@@H]1CN(c2cc(Oc3ccc(NC(=O)Cc4ccc(F)cc4F)cc3)ncn2)CCN1. The average Bonchev–Trinajstić information content (AvgIpc) is 2.87. The van der Waals surface area contributed by atoms with Gasteiger partial charge in [-0.3, -0.25) is 9.59 Å². The molecule has 3 aromatic rings. The number of carbonyl (C=O) groups is 2. The Labute approximate surface area is 226 Å². The third kappa shape index (κ3) is 9.93. The van der Waals surface area contributed by atoms with E-state index >= 15 is 0 Å². The van der Waals surface area contributed by atoms with Crippen molar-refractivity contribution in [3.8, 4) is 11.6 Å². The molecular formula is C28H33F2N5O4. The highest BCUT2D eigenvalue weighted by molar-refractivity contribution is 5.92. The molecule has 208 valence electrons. The summed E-state index contributed by atoms with van der Waals surface area (Å²) < 4.78 is 37.1.